The van der Waals surface area contributed by atoms with Crippen molar-refractivity contribution in [2.45, 2.75) is 26.2 Å². The Kier molecular flexibility index (Phi) is 4.87. The molecule has 1 N–H and O–H groups in total. The molecule has 0 unspecified atom stereocenters. The van der Waals surface area contributed by atoms with Gasteiger partial charge in [0.25, 0.3) is 5.88 Å². The number of hydrogen-bond acceptors (Lipinski definition) is 3. The van der Waals surface area contributed by atoms with Crippen LogP contribution in [0.3, 0.4) is 0 Å². The molecule has 0 aliphatic heterocycles. The Balaban J connectivity index is 2.15. The average Bonchev–Trinajstić information content (AvgIpc) is 2.48. The van der Waals surface area contributed by atoms with E-state index in [1.165, 1.54) is 11.8 Å². The second kappa shape index (κ2) is 6.83. The molecule has 5 heteroatoms. The maximum absolute atomic E-state index is 13.9. The zero-order valence-electron chi connectivity index (χ0n) is 11.7. The van der Waals surface area contributed by atoms with E-state index in [1.807, 2.05) is 12.1 Å². The summed E-state index contributed by atoms with van der Waals surface area (Å²) in [6.07, 6.45) is 4.42. The van der Waals surface area contributed by atoms with Gasteiger partial charge in [0, 0.05) is 6.20 Å². The third-order valence-corrected chi connectivity index (χ3v) is 3.04. The molecule has 1 aromatic heterocycles. The van der Waals surface area contributed by atoms with Gasteiger partial charge in [0.2, 0.25) is 0 Å². The highest BCUT2D eigenvalue weighted by Gasteiger charge is 2.16. The van der Waals surface area contributed by atoms with Crippen LogP contribution < -0.4 is 4.74 Å². The molecule has 0 atom stereocenters. The number of hydrogen-bond donors (Lipinski definition) is 1. The molecular formula is C16H16FNO3. The minimum atomic E-state index is -1.35. The summed E-state index contributed by atoms with van der Waals surface area (Å²) in [5.41, 5.74) is 0.719. The Labute approximate surface area is 122 Å². The van der Waals surface area contributed by atoms with E-state index >= 15 is 0 Å². The van der Waals surface area contributed by atoms with Gasteiger partial charge in [-0.15, -0.1) is 0 Å². The van der Waals surface area contributed by atoms with Crippen LogP contribution in [-0.4, -0.2) is 16.1 Å². The van der Waals surface area contributed by atoms with E-state index in [2.05, 4.69) is 11.9 Å². The summed E-state index contributed by atoms with van der Waals surface area (Å²) in [6.45, 7) is 2.13. The largest absolute Gasteiger partial charge is 0.478 e. The number of aromatic carboxylic acids is 1. The number of unbranched alkanes of at least 4 members (excludes halogenated alkanes) is 1. The van der Waals surface area contributed by atoms with E-state index in [0.29, 0.717) is 5.75 Å². The zero-order valence-corrected chi connectivity index (χ0v) is 11.7. The van der Waals surface area contributed by atoms with Gasteiger partial charge < -0.3 is 9.84 Å². The highest BCUT2D eigenvalue weighted by atomic mass is 19.1. The average molecular weight is 289 g/mol. The summed E-state index contributed by atoms with van der Waals surface area (Å²) in [7, 11) is 0. The number of ether oxygens (including phenoxy) is 1. The standard InChI is InChI=1S/C16H16FNO3/c1-2-3-4-11-5-7-12(8-6-11)21-15-14(17)13(16(19)20)9-10-18-15/h5-10H,2-4H2,1H3,(H,19,20). The smallest absolute Gasteiger partial charge is 0.338 e. The van der Waals surface area contributed by atoms with Crippen LogP contribution >= 0.6 is 0 Å². The number of aryl methyl sites for hydroxylation is 1. The van der Waals surface area contributed by atoms with Crippen LogP contribution in [0.15, 0.2) is 36.5 Å². The fourth-order valence-corrected chi connectivity index (χ4v) is 1.88. The minimum Gasteiger partial charge on any atom is -0.478 e. The maximum Gasteiger partial charge on any atom is 0.338 e. The number of carboxylic acids is 1. The first kappa shape index (κ1) is 15.0. The lowest BCUT2D eigenvalue weighted by Crippen LogP contribution is -2.03. The second-order valence-corrected chi connectivity index (χ2v) is 4.63. The number of nitrogens with zero attached hydrogens (tertiary/aromatic N) is 1. The van der Waals surface area contributed by atoms with E-state index in [-0.39, 0.29) is 5.88 Å². The van der Waals surface area contributed by atoms with Gasteiger partial charge in [-0.3, -0.25) is 0 Å². The van der Waals surface area contributed by atoms with Crippen LogP contribution in [0.1, 0.15) is 35.7 Å². The number of carbonyl (C=O) groups is 1. The number of aromatic nitrogens is 1. The SMILES string of the molecule is CCCCc1ccc(Oc2nccc(C(=O)O)c2F)cc1. The molecule has 0 spiro atoms. The predicted octanol–water partition coefficient (Wildman–Crippen LogP) is 4.05. The van der Waals surface area contributed by atoms with Crippen LogP contribution in [-0.2, 0) is 6.42 Å². The molecule has 0 amide bonds. The molecule has 4 nitrogen and oxygen atoms in total. The number of pyridine rings is 1. The molecule has 1 heterocycles. The molecule has 2 rings (SSSR count). The second-order valence-electron chi connectivity index (χ2n) is 4.63. The van der Waals surface area contributed by atoms with Crippen molar-refractivity contribution in [3.8, 4) is 11.6 Å². The predicted molar refractivity (Wildman–Crippen MR) is 76.3 cm³/mol. The highest BCUT2D eigenvalue weighted by Crippen LogP contribution is 2.24. The summed E-state index contributed by atoms with van der Waals surface area (Å²) in [4.78, 5) is 14.6. The molecule has 0 radical (unpaired) electrons. The zero-order chi connectivity index (χ0) is 15.2. The normalized spacial score (nSPS) is 10.4. The Hall–Kier alpha value is -2.43. The molecule has 0 bridgehead atoms. The van der Waals surface area contributed by atoms with Gasteiger partial charge in [-0.1, -0.05) is 25.5 Å². The first-order valence-corrected chi connectivity index (χ1v) is 6.76. The summed E-state index contributed by atoms with van der Waals surface area (Å²) >= 11 is 0. The van der Waals surface area contributed by atoms with E-state index < -0.39 is 17.3 Å². The van der Waals surface area contributed by atoms with Crippen LogP contribution in [0.4, 0.5) is 4.39 Å². The fraction of sp³-hybridized carbons (Fsp3) is 0.250. The summed E-state index contributed by atoms with van der Waals surface area (Å²) < 4.78 is 19.2. The molecular weight excluding hydrogens is 273 g/mol. The summed E-state index contributed by atoms with van der Waals surface area (Å²) in [6, 6.07) is 8.35. The number of carboxylic acid groups (broad SMARTS) is 1. The molecule has 0 aliphatic carbocycles. The lowest BCUT2D eigenvalue weighted by Gasteiger charge is -2.07. The van der Waals surface area contributed by atoms with E-state index in [0.717, 1.165) is 25.3 Å². The molecule has 110 valence electrons. The summed E-state index contributed by atoms with van der Waals surface area (Å²) in [5, 5.41) is 8.85. The number of benzene rings is 1. The van der Waals surface area contributed by atoms with Crippen molar-refractivity contribution < 1.29 is 19.0 Å². The Morgan fingerprint density at radius 1 is 1.29 bits per heavy atom. The molecule has 0 fully saturated rings. The maximum atomic E-state index is 13.9. The van der Waals surface area contributed by atoms with Crippen molar-refractivity contribution >= 4 is 5.97 Å². The van der Waals surface area contributed by atoms with Crippen LogP contribution in [0.25, 0.3) is 0 Å². The van der Waals surface area contributed by atoms with Gasteiger partial charge in [0.1, 0.15) is 11.3 Å². The van der Waals surface area contributed by atoms with Crippen molar-refractivity contribution in [3.63, 3.8) is 0 Å². The molecule has 0 aliphatic rings. The van der Waals surface area contributed by atoms with Crippen molar-refractivity contribution in [1.82, 2.24) is 4.98 Å². The summed E-state index contributed by atoms with van der Waals surface area (Å²) in [5.74, 6) is -2.24. The van der Waals surface area contributed by atoms with Crippen molar-refractivity contribution in [2.24, 2.45) is 0 Å². The lowest BCUT2D eigenvalue weighted by molar-refractivity contribution is 0.0690. The third kappa shape index (κ3) is 3.78. The van der Waals surface area contributed by atoms with Crippen molar-refractivity contribution in [3.05, 3.63) is 53.5 Å². The van der Waals surface area contributed by atoms with Crippen molar-refractivity contribution in [2.75, 3.05) is 0 Å². The van der Waals surface area contributed by atoms with Gasteiger partial charge in [0.05, 0.1) is 0 Å². The quantitative estimate of drug-likeness (QED) is 0.871. The van der Waals surface area contributed by atoms with Crippen LogP contribution in [0.2, 0.25) is 0 Å². The fourth-order valence-electron chi connectivity index (χ4n) is 1.88. The van der Waals surface area contributed by atoms with Gasteiger partial charge >= 0.3 is 5.97 Å². The molecule has 21 heavy (non-hydrogen) atoms. The first-order valence-electron chi connectivity index (χ1n) is 6.76. The highest BCUT2D eigenvalue weighted by molar-refractivity contribution is 5.88. The Bertz CT molecular complexity index is 626. The number of rotatable bonds is 6. The topological polar surface area (TPSA) is 59.4 Å². The monoisotopic (exact) mass is 289 g/mol. The molecule has 0 saturated heterocycles. The van der Waals surface area contributed by atoms with Gasteiger partial charge in [-0.05, 0) is 36.6 Å². The Morgan fingerprint density at radius 3 is 2.62 bits per heavy atom. The van der Waals surface area contributed by atoms with E-state index in [4.69, 9.17) is 9.84 Å². The van der Waals surface area contributed by atoms with Crippen molar-refractivity contribution in [1.29, 1.82) is 0 Å². The third-order valence-electron chi connectivity index (χ3n) is 3.04. The lowest BCUT2D eigenvalue weighted by atomic mass is 10.1. The van der Waals surface area contributed by atoms with Gasteiger partial charge in [0.15, 0.2) is 5.82 Å². The molecule has 0 saturated carbocycles. The Morgan fingerprint density at radius 2 is 2.00 bits per heavy atom. The van der Waals surface area contributed by atoms with E-state index in [1.54, 1.807) is 12.1 Å². The first-order chi connectivity index (χ1) is 10.1. The molecule has 2 aromatic rings. The number of halogens is 1. The van der Waals surface area contributed by atoms with Crippen LogP contribution in [0.5, 0.6) is 11.6 Å². The van der Waals surface area contributed by atoms with Gasteiger partial charge in [-0.25, -0.2) is 14.2 Å². The minimum absolute atomic E-state index is 0.337. The molecule has 1 aromatic carbocycles. The van der Waals surface area contributed by atoms with Crippen LogP contribution in [0, 0.1) is 5.82 Å². The van der Waals surface area contributed by atoms with Gasteiger partial charge in [-0.2, -0.15) is 0 Å². The van der Waals surface area contributed by atoms with E-state index in [9.17, 15) is 9.18 Å².